The molecule has 1 saturated carbocycles. The lowest BCUT2D eigenvalue weighted by atomic mass is 9.76. The number of hydrazone groups is 1. The lowest BCUT2D eigenvalue weighted by Crippen LogP contribution is -2.32. The Hall–Kier alpha value is -2.04. The molecule has 5 nitrogen and oxygen atoms in total. The van der Waals surface area contributed by atoms with Gasteiger partial charge < -0.3 is 9.47 Å². The van der Waals surface area contributed by atoms with Crippen LogP contribution in [-0.4, -0.2) is 25.3 Å². The molecule has 0 saturated heterocycles. The number of hydrogen-bond acceptors (Lipinski definition) is 4. The van der Waals surface area contributed by atoms with Gasteiger partial charge in [-0.1, -0.05) is 32.9 Å². The normalized spacial score (nSPS) is 22.5. The highest BCUT2D eigenvalue weighted by Crippen LogP contribution is 2.31. The minimum absolute atomic E-state index is 0.0843. The lowest BCUT2D eigenvalue weighted by molar-refractivity contribution is -0.123. The molecule has 1 aliphatic rings. The van der Waals surface area contributed by atoms with Crippen molar-refractivity contribution in [1.29, 1.82) is 0 Å². The molecule has 0 heterocycles. The van der Waals surface area contributed by atoms with Crippen LogP contribution in [0.4, 0.5) is 0 Å². The predicted molar refractivity (Wildman–Crippen MR) is 95.4 cm³/mol. The molecule has 0 aliphatic heterocycles. The molecule has 2 rings (SSSR count). The van der Waals surface area contributed by atoms with Crippen LogP contribution in [0.3, 0.4) is 0 Å². The summed E-state index contributed by atoms with van der Waals surface area (Å²) < 4.78 is 10.7. The molecule has 0 bridgehead atoms. The van der Waals surface area contributed by atoms with Crippen molar-refractivity contribution in [2.24, 2.45) is 22.9 Å². The van der Waals surface area contributed by atoms with Gasteiger partial charge in [0.1, 0.15) is 0 Å². The number of methoxy groups -OCH3 is 1. The van der Waals surface area contributed by atoms with Gasteiger partial charge in [-0.15, -0.1) is 0 Å². The summed E-state index contributed by atoms with van der Waals surface area (Å²) in [6.07, 6.45) is 3.33. The van der Waals surface area contributed by atoms with E-state index in [0.29, 0.717) is 29.3 Å². The van der Waals surface area contributed by atoms with Crippen LogP contribution in [-0.2, 0) is 4.79 Å². The van der Waals surface area contributed by atoms with E-state index in [1.165, 1.54) is 6.42 Å². The Balaban J connectivity index is 1.91. The summed E-state index contributed by atoms with van der Waals surface area (Å²) in [5.41, 5.74) is 3.75. The third-order valence-electron chi connectivity index (χ3n) is 4.51. The second-order valence-corrected chi connectivity index (χ2v) is 6.81. The van der Waals surface area contributed by atoms with Gasteiger partial charge >= 0.3 is 0 Å². The van der Waals surface area contributed by atoms with E-state index in [0.717, 1.165) is 18.6 Å². The van der Waals surface area contributed by atoms with Crippen LogP contribution in [0.5, 0.6) is 11.5 Å². The van der Waals surface area contributed by atoms with Crippen LogP contribution >= 0.6 is 0 Å². The average molecular weight is 332 g/mol. The number of ether oxygens (including phenoxy) is 2. The molecule has 24 heavy (non-hydrogen) atoms. The minimum Gasteiger partial charge on any atom is -0.493 e. The predicted octanol–water partition coefficient (Wildman–Crippen LogP) is 3.64. The number of nitrogens with zero attached hydrogens (tertiary/aromatic N) is 1. The summed E-state index contributed by atoms with van der Waals surface area (Å²) >= 11 is 0. The largest absolute Gasteiger partial charge is 0.493 e. The second-order valence-electron chi connectivity index (χ2n) is 6.81. The zero-order valence-electron chi connectivity index (χ0n) is 15.0. The van der Waals surface area contributed by atoms with Crippen molar-refractivity contribution in [3.63, 3.8) is 0 Å². The first kappa shape index (κ1) is 18.3. The molecule has 0 unspecified atom stereocenters. The maximum atomic E-state index is 12.0. The van der Waals surface area contributed by atoms with Crippen LogP contribution in [0, 0.1) is 17.8 Å². The molecular formula is C19H28N2O3. The number of carbonyl (C=O) groups is 1. The Morgan fingerprint density at radius 3 is 2.67 bits per heavy atom. The van der Waals surface area contributed by atoms with E-state index in [-0.39, 0.29) is 12.5 Å². The van der Waals surface area contributed by atoms with Crippen molar-refractivity contribution >= 4 is 11.6 Å². The van der Waals surface area contributed by atoms with Crippen LogP contribution in [0.15, 0.2) is 29.4 Å². The molecule has 1 aliphatic carbocycles. The Morgan fingerprint density at radius 2 is 2.00 bits per heavy atom. The summed E-state index contributed by atoms with van der Waals surface area (Å²) in [4.78, 5) is 12.0. The first-order valence-electron chi connectivity index (χ1n) is 8.62. The summed E-state index contributed by atoms with van der Waals surface area (Å²) in [6.45, 7) is 6.57. The number of rotatable bonds is 6. The van der Waals surface area contributed by atoms with Gasteiger partial charge in [-0.25, -0.2) is 5.43 Å². The standard InChI is InChI=1S/C19H28N2O3/c1-13(2)15-10-9-14(3)11-16(15)20-21-19(22)12-24-18-8-6-5-7-17(18)23-4/h5-8,13-15H,9-12H2,1-4H3,(H,21,22)/b20-16-/t14-,15+/m0/s1. The Labute approximate surface area is 144 Å². The van der Waals surface area contributed by atoms with E-state index >= 15 is 0 Å². The highest BCUT2D eigenvalue weighted by atomic mass is 16.5. The van der Waals surface area contributed by atoms with Crippen molar-refractivity contribution in [2.45, 2.75) is 40.0 Å². The molecule has 1 aromatic rings. The molecule has 0 spiro atoms. The summed E-state index contributed by atoms with van der Waals surface area (Å²) in [6, 6.07) is 7.26. The number of carbonyl (C=O) groups excluding carboxylic acids is 1. The molecule has 0 aromatic heterocycles. The SMILES string of the molecule is COc1ccccc1OCC(=O)N/N=C1/C[C@@H](C)CC[C@@H]1C(C)C. The Morgan fingerprint density at radius 1 is 1.29 bits per heavy atom. The molecule has 2 atom stereocenters. The van der Waals surface area contributed by atoms with Crippen molar-refractivity contribution in [3.05, 3.63) is 24.3 Å². The summed E-state index contributed by atoms with van der Waals surface area (Å²) in [5, 5.41) is 4.40. The maximum Gasteiger partial charge on any atom is 0.277 e. The van der Waals surface area contributed by atoms with Gasteiger partial charge in [0.15, 0.2) is 18.1 Å². The molecule has 5 heteroatoms. The monoisotopic (exact) mass is 332 g/mol. The quantitative estimate of drug-likeness (QED) is 0.809. The molecule has 132 valence electrons. The lowest BCUT2D eigenvalue weighted by Gasteiger charge is -2.30. The van der Waals surface area contributed by atoms with E-state index in [1.54, 1.807) is 19.2 Å². The third kappa shape index (κ3) is 4.98. The van der Waals surface area contributed by atoms with E-state index in [2.05, 4.69) is 31.3 Å². The summed E-state index contributed by atoms with van der Waals surface area (Å²) in [5.74, 6) is 2.52. The zero-order chi connectivity index (χ0) is 17.5. The third-order valence-corrected chi connectivity index (χ3v) is 4.51. The molecule has 1 N–H and O–H groups in total. The van der Waals surface area contributed by atoms with Crippen molar-refractivity contribution in [2.75, 3.05) is 13.7 Å². The number of nitrogens with one attached hydrogen (secondary N) is 1. The van der Waals surface area contributed by atoms with Crippen molar-refractivity contribution in [1.82, 2.24) is 5.43 Å². The van der Waals surface area contributed by atoms with Gasteiger partial charge in [-0.3, -0.25) is 4.79 Å². The van der Waals surface area contributed by atoms with Gasteiger partial charge in [0.2, 0.25) is 0 Å². The highest BCUT2D eigenvalue weighted by molar-refractivity contribution is 5.89. The zero-order valence-corrected chi connectivity index (χ0v) is 15.0. The fraction of sp³-hybridized carbons (Fsp3) is 0.579. The van der Waals surface area contributed by atoms with Gasteiger partial charge in [0, 0.05) is 11.6 Å². The fourth-order valence-corrected chi connectivity index (χ4v) is 3.14. The topological polar surface area (TPSA) is 59.9 Å². The first-order chi connectivity index (χ1) is 11.5. The second kappa shape index (κ2) is 8.71. The molecular weight excluding hydrogens is 304 g/mol. The van der Waals surface area contributed by atoms with E-state index in [4.69, 9.17) is 9.47 Å². The van der Waals surface area contributed by atoms with Crippen LogP contribution in [0.1, 0.15) is 40.0 Å². The van der Waals surface area contributed by atoms with Crippen LogP contribution < -0.4 is 14.9 Å². The molecule has 1 aromatic carbocycles. The summed E-state index contributed by atoms with van der Waals surface area (Å²) in [7, 11) is 1.57. The number of para-hydroxylation sites is 2. The smallest absolute Gasteiger partial charge is 0.277 e. The maximum absolute atomic E-state index is 12.0. The van der Waals surface area contributed by atoms with E-state index in [9.17, 15) is 4.79 Å². The van der Waals surface area contributed by atoms with Gasteiger partial charge in [0.05, 0.1) is 7.11 Å². The van der Waals surface area contributed by atoms with Gasteiger partial charge in [0.25, 0.3) is 5.91 Å². The van der Waals surface area contributed by atoms with Gasteiger partial charge in [-0.05, 0) is 43.2 Å². The molecule has 0 radical (unpaired) electrons. The molecule has 1 fully saturated rings. The number of benzene rings is 1. The minimum atomic E-state index is -0.255. The van der Waals surface area contributed by atoms with E-state index in [1.807, 2.05) is 12.1 Å². The van der Waals surface area contributed by atoms with E-state index < -0.39 is 0 Å². The average Bonchev–Trinajstić information content (AvgIpc) is 2.58. The Bertz CT molecular complexity index is 584. The van der Waals surface area contributed by atoms with Crippen molar-refractivity contribution in [3.8, 4) is 11.5 Å². The first-order valence-corrected chi connectivity index (χ1v) is 8.62. The van der Waals surface area contributed by atoms with Gasteiger partial charge in [-0.2, -0.15) is 5.10 Å². The van der Waals surface area contributed by atoms with Crippen molar-refractivity contribution < 1.29 is 14.3 Å². The highest BCUT2D eigenvalue weighted by Gasteiger charge is 2.27. The van der Waals surface area contributed by atoms with Crippen LogP contribution in [0.25, 0.3) is 0 Å². The fourth-order valence-electron chi connectivity index (χ4n) is 3.14. The number of amides is 1. The van der Waals surface area contributed by atoms with Crippen LogP contribution in [0.2, 0.25) is 0 Å². The molecule has 1 amide bonds. The number of hydrogen-bond donors (Lipinski definition) is 1. The Kier molecular flexibility index (Phi) is 6.64.